The lowest BCUT2D eigenvalue weighted by atomic mass is 10.0. The van der Waals surface area contributed by atoms with E-state index in [9.17, 15) is 19.2 Å². The van der Waals surface area contributed by atoms with Crippen molar-refractivity contribution >= 4 is 35.1 Å². The topological polar surface area (TPSA) is 137 Å². The van der Waals surface area contributed by atoms with Crippen molar-refractivity contribution in [3.8, 4) is 22.3 Å². The van der Waals surface area contributed by atoms with Crippen LogP contribution < -0.4 is 16.4 Å². The summed E-state index contributed by atoms with van der Waals surface area (Å²) in [5.41, 5.74) is 13.4. The maximum Gasteiger partial charge on any atom is 0.323 e. The van der Waals surface area contributed by atoms with Crippen molar-refractivity contribution in [1.82, 2.24) is 0 Å². The van der Waals surface area contributed by atoms with Gasteiger partial charge in [-0.3, -0.25) is 19.2 Å². The minimum absolute atomic E-state index is 0.0776. The Balaban J connectivity index is 0.931. The van der Waals surface area contributed by atoms with Gasteiger partial charge >= 0.3 is 11.9 Å². The second kappa shape index (κ2) is 17.4. The molecule has 6 rings (SSSR count). The first kappa shape index (κ1) is 36.0. The number of rotatable bonds is 13. The van der Waals surface area contributed by atoms with Gasteiger partial charge in [0.05, 0.1) is 6.42 Å². The van der Waals surface area contributed by atoms with Crippen molar-refractivity contribution in [1.29, 1.82) is 0 Å². The number of carbonyl (C=O) groups is 4. The number of hydrogen-bond donors (Lipinski definition) is 3. The third-order valence-corrected chi connectivity index (χ3v) is 8.35. The summed E-state index contributed by atoms with van der Waals surface area (Å²) in [5.74, 6) is -1.99. The van der Waals surface area contributed by atoms with Crippen LogP contribution in [0.25, 0.3) is 22.3 Å². The van der Waals surface area contributed by atoms with Gasteiger partial charge in [0.1, 0.15) is 19.3 Å². The molecule has 0 heterocycles. The van der Waals surface area contributed by atoms with Crippen LogP contribution in [0.4, 0.5) is 11.4 Å². The first-order valence-electron chi connectivity index (χ1n) is 17.0. The third kappa shape index (κ3) is 10.1. The van der Waals surface area contributed by atoms with E-state index in [0.717, 1.165) is 22.3 Å². The van der Waals surface area contributed by atoms with E-state index in [1.807, 2.05) is 84.9 Å². The van der Waals surface area contributed by atoms with Crippen LogP contribution in [0.5, 0.6) is 0 Å². The standard InChI is InChI=1S/C44H37N3O6/c45-40(44(51)53-29-31-10-8-16-39(26-31)47-43(50)37-23-19-35(20-24-37)33-13-5-2-6-14-33)27-41(48)52-28-30-9-7-15-38(25-30)46-42(49)36-21-17-34(18-22-36)32-11-3-1-4-12-32/h1-26,40H,27-29,45H2,(H,46,49)(H,47,50)/t40-/m0/s1. The average Bonchev–Trinajstić information content (AvgIpc) is 3.20. The lowest BCUT2D eigenvalue weighted by molar-refractivity contribution is -0.153. The van der Waals surface area contributed by atoms with Gasteiger partial charge in [0.2, 0.25) is 0 Å². The van der Waals surface area contributed by atoms with Crippen molar-refractivity contribution in [3.63, 3.8) is 0 Å². The molecule has 0 aliphatic rings. The molecule has 0 aromatic heterocycles. The summed E-state index contributed by atoms with van der Waals surface area (Å²) in [5, 5.41) is 5.73. The molecule has 0 aliphatic heterocycles. The summed E-state index contributed by atoms with van der Waals surface area (Å²) in [4.78, 5) is 50.8. The Morgan fingerprint density at radius 2 is 0.906 bits per heavy atom. The van der Waals surface area contributed by atoms with Crippen LogP contribution in [0.15, 0.2) is 158 Å². The van der Waals surface area contributed by atoms with Crippen molar-refractivity contribution in [2.24, 2.45) is 5.73 Å². The minimum atomic E-state index is -1.23. The lowest BCUT2D eigenvalue weighted by Gasteiger charge is -2.13. The zero-order valence-electron chi connectivity index (χ0n) is 28.7. The Labute approximate surface area is 307 Å². The number of ether oxygens (including phenoxy) is 2. The van der Waals surface area contributed by atoms with E-state index in [-0.39, 0.29) is 31.4 Å². The van der Waals surface area contributed by atoms with Crippen molar-refractivity contribution in [3.05, 3.63) is 180 Å². The molecule has 0 aliphatic carbocycles. The fourth-order valence-electron chi connectivity index (χ4n) is 5.52. The van der Waals surface area contributed by atoms with Crippen LogP contribution in [-0.2, 0) is 32.3 Å². The highest BCUT2D eigenvalue weighted by atomic mass is 16.5. The molecule has 264 valence electrons. The first-order chi connectivity index (χ1) is 25.8. The number of benzene rings is 6. The molecule has 0 bridgehead atoms. The van der Waals surface area contributed by atoms with Gasteiger partial charge in [-0.15, -0.1) is 0 Å². The fourth-order valence-corrected chi connectivity index (χ4v) is 5.52. The zero-order valence-corrected chi connectivity index (χ0v) is 28.7. The number of amides is 2. The summed E-state index contributed by atoms with van der Waals surface area (Å²) in [6, 6.07) is 47.0. The Morgan fingerprint density at radius 1 is 0.491 bits per heavy atom. The van der Waals surface area contributed by atoms with Crippen molar-refractivity contribution in [2.45, 2.75) is 25.7 Å². The Hall–Kier alpha value is -6.84. The summed E-state index contributed by atoms with van der Waals surface area (Å²) in [7, 11) is 0. The normalized spacial score (nSPS) is 11.2. The second-order valence-corrected chi connectivity index (χ2v) is 12.3. The largest absolute Gasteiger partial charge is 0.461 e. The van der Waals surface area contributed by atoms with Gasteiger partial charge < -0.3 is 25.8 Å². The predicted molar refractivity (Wildman–Crippen MR) is 205 cm³/mol. The molecule has 4 N–H and O–H groups in total. The maximum absolute atomic E-state index is 12.9. The molecule has 0 radical (unpaired) electrons. The van der Waals surface area contributed by atoms with Crippen molar-refractivity contribution in [2.75, 3.05) is 10.6 Å². The van der Waals surface area contributed by atoms with E-state index in [2.05, 4.69) is 10.6 Å². The van der Waals surface area contributed by atoms with Gasteiger partial charge in [-0.1, -0.05) is 109 Å². The number of anilines is 2. The minimum Gasteiger partial charge on any atom is -0.461 e. The van der Waals surface area contributed by atoms with E-state index in [1.165, 1.54) is 0 Å². The molecule has 2 amide bonds. The SMILES string of the molecule is N[C@@H](CC(=O)OCc1cccc(NC(=O)c2ccc(-c3ccccc3)cc2)c1)C(=O)OCc1cccc(NC(=O)c2ccc(-c3ccccc3)cc2)c1. The van der Waals surface area contributed by atoms with Gasteiger partial charge in [0.15, 0.2) is 0 Å². The van der Waals surface area contributed by atoms with Crippen LogP contribution in [0, 0.1) is 0 Å². The number of hydrogen-bond acceptors (Lipinski definition) is 7. The van der Waals surface area contributed by atoms with E-state index >= 15 is 0 Å². The highest BCUT2D eigenvalue weighted by molar-refractivity contribution is 6.05. The highest BCUT2D eigenvalue weighted by Crippen LogP contribution is 2.22. The van der Waals surface area contributed by atoms with Crippen LogP contribution in [0.3, 0.4) is 0 Å². The Bertz CT molecular complexity index is 2190. The van der Waals surface area contributed by atoms with Gasteiger partial charge in [0, 0.05) is 22.5 Å². The number of nitrogens with one attached hydrogen (secondary N) is 2. The molecule has 0 unspecified atom stereocenters. The summed E-state index contributed by atoms with van der Waals surface area (Å²) < 4.78 is 10.7. The lowest BCUT2D eigenvalue weighted by Crippen LogP contribution is -2.35. The Morgan fingerprint density at radius 3 is 1.36 bits per heavy atom. The third-order valence-electron chi connectivity index (χ3n) is 8.35. The molecule has 0 saturated heterocycles. The molecule has 53 heavy (non-hydrogen) atoms. The molecule has 6 aromatic rings. The van der Waals surface area contributed by atoms with E-state index in [1.54, 1.807) is 72.8 Å². The van der Waals surface area contributed by atoms with Gasteiger partial charge in [-0.25, -0.2) is 0 Å². The van der Waals surface area contributed by atoms with Crippen LogP contribution in [0.1, 0.15) is 38.3 Å². The maximum atomic E-state index is 12.9. The number of esters is 2. The summed E-state index contributed by atoms with van der Waals surface area (Å²) >= 11 is 0. The molecule has 0 spiro atoms. The molecular weight excluding hydrogens is 666 g/mol. The van der Waals surface area contributed by atoms with Gasteiger partial charge in [0.25, 0.3) is 11.8 Å². The molecular formula is C44H37N3O6. The predicted octanol–water partition coefficient (Wildman–Crippen LogP) is 8.03. The molecule has 9 heteroatoms. The second-order valence-electron chi connectivity index (χ2n) is 12.3. The van der Waals surface area contributed by atoms with Crippen LogP contribution in [-0.4, -0.2) is 29.8 Å². The fraction of sp³-hybridized carbons (Fsp3) is 0.0909. The molecule has 6 aromatic carbocycles. The molecule has 1 atom stereocenters. The van der Waals surface area contributed by atoms with Crippen molar-refractivity contribution < 1.29 is 28.7 Å². The van der Waals surface area contributed by atoms with E-state index < -0.39 is 18.0 Å². The zero-order chi connectivity index (χ0) is 37.0. The van der Waals surface area contributed by atoms with Crippen LogP contribution in [0.2, 0.25) is 0 Å². The Kier molecular flexibility index (Phi) is 11.8. The van der Waals surface area contributed by atoms with Crippen LogP contribution >= 0.6 is 0 Å². The first-order valence-corrected chi connectivity index (χ1v) is 17.0. The number of nitrogens with two attached hydrogens (primary N) is 1. The smallest absolute Gasteiger partial charge is 0.323 e. The van der Waals surface area contributed by atoms with E-state index in [0.29, 0.717) is 33.6 Å². The van der Waals surface area contributed by atoms with Gasteiger partial charge in [-0.05, 0) is 81.9 Å². The highest BCUT2D eigenvalue weighted by Gasteiger charge is 2.20. The van der Waals surface area contributed by atoms with E-state index in [4.69, 9.17) is 15.2 Å². The molecule has 0 fully saturated rings. The monoisotopic (exact) mass is 703 g/mol. The molecule has 9 nitrogen and oxygen atoms in total. The summed E-state index contributed by atoms with van der Waals surface area (Å²) in [6.45, 7) is -0.182. The quantitative estimate of drug-likeness (QED) is 0.104. The summed E-state index contributed by atoms with van der Waals surface area (Å²) in [6.07, 6.45) is -0.382. The number of carbonyl (C=O) groups excluding carboxylic acids is 4. The average molecular weight is 704 g/mol. The van der Waals surface area contributed by atoms with Gasteiger partial charge in [-0.2, -0.15) is 0 Å². The molecule has 0 saturated carbocycles.